The van der Waals surface area contributed by atoms with Gasteiger partial charge in [0.2, 0.25) is 10.0 Å². The molecule has 6 heteroatoms. The summed E-state index contributed by atoms with van der Waals surface area (Å²) in [6.07, 6.45) is 0. The molecule has 0 saturated carbocycles. The predicted octanol–water partition coefficient (Wildman–Crippen LogP) is 1.14. The summed E-state index contributed by atoms with van der Waals surface area (Å²) < 4.78 is 26.5. The lowest BCUT2D eigenvalue weighted by molar-refractivity contribution is 0.414. The van der Waals surface area contributed by atoms with Crippen LogP contribution in [0.1, 0.15) is 5.56 Å². The average Bonchev–Trinajstić information content (AvgIpc) is 2.06. The molecule has 0 aromatic heterocycles. The fraction of sp³-hybridized carbons (Fsp3) is 0.250. The Balaban J connectivity index is 3.01. The van der Waals surface area contributed by atoms with E-state index in [4.69, 9.17) is 21.5 Å². The maximum Gasteiger partial charge on any atom is 0.213 e. The molecule has 0 aliphatic heterocycles. The zero-order valence-electron chi connectivity index (χ0n) is 7.53. The Labute approximate surface area is 87.7 Å². The van der Waals surface area contributed by atoms with Gasteiger partial charge in [0.05, 0.1) is 12.9 Å². The lowest BCUT2D eigenvalue weighted by Gasteiger charge is -2.04. The minimum Gasteiger partial charge on any atom is -0.497 e. The maximum absolute atomic E-state index is 10.8. The fourth-order valence-electron chi connectivity index (χ4n) is 0.989. The van der Waals surface area contributed by atoms with E-state index >= 15 is 0 Å². The Kier molecular flexibility index (Phi) is 3.36. The third kappa shape index (κ3) is 3.17. The van der Waals surface area contributed by atoms with Crippen LogP contribution in [0.15, 0.2) is 18.2 Å². The molecule has 78 valence electrons. The predicted molar refractivity (Wildman–Crippen MR) is 54.8 cm³/mol. The van der Waals surface area contributed by atoms with Crippen molar-refractivity contribution in [2.24, 2.45) is 5.14 Å². The number of nitrogens with two attached hydrogens (primary N) is 1. The summed E-state index contributed by atoms with van der Waals surface area (Å²) in [4.78, 5) is 0. The Morgan fingerprint density at radius 1 is 1.50 bits per heavy atom. The molecule has 14 heavy (non-hydrogen) atoms. The van der Waals surface area contributed by atoms with Gasteiger partial charge < -0.3 is 4.74 Å². The zero-order chi connectivity index (χ0) is 10.8. The van der Waals surface area contributed by atoms with Gasteiger partial charge in [0.15, 0.2) is 0 Å². The van der Waals surface area contributed by atoms with Crippen LogP contribution in [0, 0.1) is 0 Å². The number of ether oxygens (including phenoxy) is 1. The Morgan fingerprint density at radius 3 is 2.57 bits per heavy atom. The lowest BCUT2D eigenvalue weighted by atomic mass is 10.2. The smallest absolute Gasteiger partial charge is 0.213 e. The van der Waals surface area contributed by atoms with E-state index in [1.165, 1.54) is 7.11 Å². The average molecular weight is 236 g/mol. The van der Waals surface area contributed by atoms with Gasteiger partial charge in [0.25, 0.3) is 0 Å². The second-order valence-corrected chi connectivity index (χ2v) is 4.79. The van der Waals surface area contributed by atoms with Gasteiger partial charge in [0.1, 0.15) is 5.75 Å². The molecule has 0 aliphatic carbocycles. The van der Waals surface area contributed by atoms with Crippen molar-refractivity contribution >= 4 is 21.6 Å². The summed E-state index contributed by atoms with van der Waals surface area (Å²) in [6, 6.07) is 4.75. The van der Waals surface area contributed by atoms with E-state index in [9.17, 15) is 8.42 Å². The molecule has 4 nitrogen and oxygen atoms in total. The summed E-state index contributed by atoms with van der Waals surface area (Å²) in [5.74, 6) is 0.309. The van der Waals surface area contributed by atoms with Crippen molar-refractivity contribution in [2.75, 3.05) is 7.11 Å². The van der Waals surface area contributed by atoms with E-state index in [0.29, 0.717) is 16.3 Å². The summed E-state index contributed by atoms with van der Waals surface area (Å²) in [6.45, 7) is 0. The molecule has 1 rings (SSSR count). The number of methoxy groups -OCH3 is 1. The minimum absolute atomic E-state index is 0.268. The van der Waals surface area contributed by atoms with Gasteiger partial charge in [-0.3, -0.25) is 0 Å². The normalized spacial score (nSPS) is 11.4. The van der Waals surface area contributed by atoms with Gasteiger partial charge >= 0.3 is 0 Å². The van der Waals surface area contributed by atoms with Crippen molar-refractivity contribution in [1.82, 2.24) is 0 Å². The Morgan fingerprint density at radius 2 is 2.14 bits per heavy atom. The molecule has 2 N–H and O–H groups in total. The molecule has 0 unspecified atom stereocenters. The van der Waals surface area contributed by atoms with E-state index < -0.39 is 10.0 Å². The number of benzene rings is 1. The molecule has 0 fully saturated rings. The molecule has 0 radical (unpaired) electrons. The van der Waals surface area contributed by atoms with Crippen LogP contribution in [0.2, 0.25) is 5.02 Å². The van der Waals surface area contributed by atoms with Crippen molar-refractivity contribution in [2.45, 2.75) is 5.75 Å². The van der Waals surface area contributed by atoms with Gasteiger partial charge in [-0.15, -0.1) is 0 Å². The number of primary sulfonamides is 1. The van der Waals surface area contributed by atoms with Crippen molar-refractivity contribution in [3.63, 3.8) is 0 Å². The quantitative estimate of drug-likeness (QED) is 0.854. The van der Waals surface area contributed by atoms with Crippen LogP contribution in [0.4, 0.5) is 0 Å². The van der Waals surface area contributed by atoms with Gasteiger partial charge in [0, 0.05) is 5.02 Å². The summed E-state index contributed by atoms with van der Waals surface area (Å²) in [5, 5.41) is 5.22. The monoisotopic (exact) mass is 235 g/mol. The number of hydrogen-bond donors (Lipinski definition) is 1. The topological polar surface area (TPSA) is 69.4 Å². The molecule has 0 heterocycles. The first-order valence-electron chi connectivity index (χ1n) is 3.75. The largest absolute Gasteiger partial charge is 0.497 e. The lowest BCUT2D eigenvalue weighted by Crippen LogP contribution is -2.14. The van der Waals surface area contributed by atoms with Crippen LogP contribution >= 0.6 is 11.6 Å². The third-order valence-electron chi connectivity index (χ3n) is 1.62. The van der Waals surface area contributed by atoms with Gasteiger partial charge in [-0.1, -0.05) is 17.7 Å². The highest BCUT2D eigenvalue weighted by atomic mass is 35.5. The van der Waals surface area contributed by atoms with Crippen LogP contribution in [0.25, 0.3) is 0 Å². The minimum atomic E-state index is -3.54. The van der Waals surface area contributed by atoms with E-state index in [1.807, 2.05) is 0 Å². The van der Waals surface area contributed by atoms with Crippen molar-refractivity contribution < 1.29 is 13.2 Å². The molecular weight excluding hydrogens is 226 g/mol. The number of sulfonamides is 1. The molecule has 0 saturated heterocycles. The highest BCUT2D eigenvalue weighted by molar-refractivity contribution is 7.88. The molecule has 0 atom stereocenters. The van der Waals surface area contributed by atoms with E-state index in [-0.39, 0.29) is 5.75 Å². The van der Waals surface area contributed by atoms with Crippen LogP contribution < -0.4 is 9.88 Å². The molecular formula is C8H10ClNO3S. The van der Waals surface area contributed by atoms with E-state index in [1.54, 1.807) is 18.2 Å². The molecule has 1 aromatic rings. The zero-order valence-corrected chi connectivity index (χ0v) is 9.10. The first kappa shape index (κ1) is 11.3. The van der Waals surface area contributed by atoms with Crippen LogP contribution in [-0.2, 0) is 15.8 Å². The van der Waals surface area contributed by atoms with E-state index in [0.717, 1.165) is 0 Å². The Bertz CT molecular complexity index is 430. The van der Waals surface area contributed by atoms with Crippen LogP contribution in [-0.4, -0.2) is 15.5 Å². The van der Waals surface area contributed by atoms with Crippen molar-refractivity contribution in [3.8, 4) is 5.75 Å². The molecule has 1 aromatic carbocycles. The highest BCUT2D eigenvalue weighted by Crippen LogP contribution is 2.23. The van der Waals surface area contributed by atoms with Crippen molar-refractivity contribution in [3.05, 3.63) is 28.8 Å². The Hall–Kier alpha value is -0.780. The summed E-state index contributed by atoms with van der Waals surface area (Å²) >= 11 is 5.81. The van der Waals surface area contributed by atoms with Crippen LogP contribution in [0.3, 0.4) is 0 Å². The molecule has 0 spiro atoms. The molecule has 0 bridgehead atoms. The SMILES string of the molecule is COc1ccc(CS(N)(=O)=O)c(Cl)c1. The first-order chi connectivity index (χ1) is 6.42. The second-order valence-electron chi connectivity index (χ2n) is 2.76. The number of rotatable bonds is 3. The number of halogens is 1. The van der Waals surface area contributed by atoms with Gasteiger partial charge in [-0.2, -0.15) is 0 Å². The molecule has 0 aliphatic rings. The van der Waals surface area contributed by atoms with E-state index in [2.05, 4.69) is 0 Å². The van der Waals surface area contributed by atoms with Gasteiger partial charge in [-0.05, 0) is 17.7 Å². The van der Waals surface area contributed by atoms with Crippen LogP contribution in [0.5, 0.6) is 5.75 Å². The standard InChI is InChI=1S/C8H10ClNO3S/c1-13-7-3-2-6(8(9)4-7)5-14(10,11)12/h2-4H,5H2,1H3,(H2,10,11,12). The summed E-state index contributed by atoms with van der Waals surface area (Å²) in [7, 11) is -2.04. The first-order valence-corrected chi connectivity index (χ1v) is 5.84. The van der Waals surface area contributed by atoms with Gasteiger partial charge in [-0.25, -0.2) is 13.6 Å². The maximum atomic E-state index is 10.8. The third-order valence-corrected chi connectivity index (χ3v) is 2.68. The van der Waals surface area contributed by atoms with Crippen molar-refractivity contribution in [1.29, 1.82) is 0 Å². The number of hydrogen-bond acceptors (Lipinski definition) is 3. The summed E-state index contributed by atoms with van der Waals surface area (Å²) in [5.41, 5.74) is 0.468. The second kappa shape index (κ2) is 4.16. The fourth-order valence-corrected chi connectivity index (χ4v) is 1.99. The highest BCUT2D eigenvalue weighted by Gasteiger charge is 2.09. The molecule has 0 amide bonds.